The predicted octanol–water partition coefficient (Wildman–Crippen LogP) is 2.18. The van der Waals surface area contributed by atoms with Gasteiger partial charge in [0.15, 0.2) is 0 Å². The number of nitrogens with one attached hydrogen (secondary N) is 1. The summed E-state index contributed by atoms with van der Waals surface area (Å²) in [5, 5.41) is 2.95. The van der Waals surface area contributed by atoms with Crippen molar-refractivity contribution in [1.82, 2.24) is 10.3 Å². The van der Waals surface area contributed by atoms with Crippen LogP contribution >= 0.6 is 0 Å². The quantitative estimate of drug-likeness (QED) is 0.798. The molecule has 0 unspecified atom stereocenters. The summed E-state index contributed by atoms with van der Waals surface area (Å²) >= 11 is 0. The van der Waals surface area contributed by atoms with Crippen molar-refractivity contribution in [1.29, 1.82) is 0 Å². The first-order valence-corrected chi connectivity index (χ1v) is 5.95. The van der Waals surface area contributed by atoms with Crippen LogP contribution in [-0.2, 0) is 11.2 Å². The van der Waals surface area contributed by atoms with Crippen molar-refractivity contribution in [2.75, 3.05) is 6.54 Å². The van der Waals surface area contributed by atoms with Crippen molar-refractivity contribution in [3.05, 3.63) is 30.1 Å². The molecule has 1 heterocycles. The molecule has 1 amide bonds. The first-order chi connectivity index (χ1) is 7.77. The second kappa shape index (κ2) is 6.99. The zero-order chi connectivity index (χ0) is 11.8. The Kier molecular flexibility index (Phi) is 5.54. The molecule has 0 aliphatic carbocycles. The van der Waals surface area contributed by atoms with Gasteiger partial charge in [-0.05, 0) is 25.0 Å². The van der Waals surface area contributed by atoms with E-state index < -0.39 is 0 Å². The van der Waals surface area contributed by atoms with Gasteiger partial charge in [-0.25, -0.2) is 0 Å². The Morgan fingerprint density at radius 1 is 1.38 bits per heavy atom. The fourth-order valence-corrected chi connectivity index (χ4v) is 1.66. The van der Waals surface area contributed by atoms with Gasteiger partial charge in [-0.2, -0.15) is 0 Å². The monoisotopic (exact) mass is 220 g/mol. The molecule has 3 nitrogen and oxygen atoms in total. The Labute approximate surface area is 97.3 Å². The lowest BCUT2D eigenvalue weighted by molar-refractivity contribution is -0.125. The summed E-state index contributed by atoms with van der Waals surface area (Å²) in [7, 11) is 0. The number of hydrogen-bond acceptors (Lipinski definition) is 2. The van der Waals surface area contributed by atoms with Crippen LogP contribution in [0.15, 0.2) is 24.4 Å². The smallest absolute Gasteiger partial charge is 0.223 e. The summed E-state index contributed by atoms with van der Waals surface area (Å²) in [5.74, 6) is 0.324. The maximum atomic E-state index is 11.7. The number of nitrogens with zero attached hydrogens (tertiary/aromatic N) is 1. The summed E-state index contributed by atoms with van der Waals surface area (Å²) in [4.78, 5) is 15.9. The molecule has 0 saturated carbocycles. The highest BCUT2D eigenvalue weighted by Crippen LogP contribution is 2.06. The molecule has 88 valence electrons. The third-order valence-electron chi connectivity index (χ3n) is 2.76. The van der Waals surface area contributed by atoms with E-state index in [0.717, 1.165) is 25.0 Å². The second-order valence-electron chi connectivity index (χ2n) is 3.88. The number of amides is 1. The van der Waals surface area contributed by atoms with E-state index in [1.807, 2.05) is 32.0 Å². The van der Waals surface area contributed by atoms with E-state index in [1.54, 1.807) is 6.20 Å². The van der Waals surface area contributed by atoms with Crippen molar-refractivity contribution >= 4 is 5.91 Å². The normalized spacial score (nSPS) is 10.4. The van der Waals surface area contributed by atoms with Crippen molar-refractivity contribution in [2.45, 2.75) is 33.1 Å². The molecule has 0 spiro atoms. The van der Waals surface area contributed by atoms with E-state index in [9.17, 15) is 4.79 Å². The SMILES string of the molecule is CCC(CC)C(=O)NCCc1ccccn1. The van der Waals surface area contributed by atoms with Gasteiger partial charge in [0, 0.05) is 30.8 Å². The molecule has 0 aromatic carbocycles. The summed E-state index contributed by atoms with van der Waals surface area (Å²) in [6.07, 6.45) is 4.39. The third-order valence-corrected chi connectivity index (χ3v) is 2.76. The number of hydrogen-bond donors (Lipinski definition) is 1. The van der Waals surface area contributed by atoms with Crippen LogP contribution in [0, 0.1) is 5.92 Å². The van der Waals surface area contributed by atoms with Crippen LogP contribution in [0.1, 0.15) is 32.4 Å². The van der Waals surface area contributed by atoms with Crippen LogP contribution < -0.4 is 5.32 Å². The molecular weight excluding hydrogens is 200 g/mol. The van der Waals surface area contributed by atoms with Gasteiger partial charge in [0.05, 0.1) is 0 Å². The van der Waals surface area contributed by atoms with Gasteiger partial charge in [0.25, 0.3) is 0 Å². The Hall–Kier alpha value is -1.38. The first kappa shape index (κ1) is 12.7. The molecule has 0 saturated heterocycles. The standard InChI is InChI=1S/C13H20N2O/c1-3-11(4-2)13(16)15-10-8-12-7-5-6-9-14-12/h5-7,9,11H,3-4,8,10H2,1-2H3,(H,15,16). The van der Waals surface area contributed by atoms with Crippen LogP contribution in [0.5, 0.6) is 0 Å². The maximum absolute atomic E-state index is 11.7. The van der Waals surface area contributed by atoms with Gasteiger partial charge >= 0.3 is 0 Å². The van der Waals surface area contributed by atoms with Gasteiger partial charge in [-0.3, -0.25) is 9.78 Å². The second-order valence-corrected chi connectivity index (χ2v) is 3.88. The Bertz CT molecular complexity index is 307. The molecule has 1 aromatic rings. The number of carbonyl (C=O) groups is 1. The first-order valence-electron chi connectivity index (χ1n) is 5.95. The van der Waals surface area contributed by atoms with Crippen molar-refractivity contribution in [3.63, 3.8) is 0 Å². The van der Waals surface area contributed by atoms with Gasteiger partial charge < -0.3 is 5.32 Å². The molecule has 1 N–H and O–H groups in total. The fourth-order valence-electron chi connectivity index (χ4n) is 1.66. The van der Waals surface area contributed by atoms with E-state index >= 15 is 0 Å². The van der Waals surface area contributed by atoms with Crippen LogP contribution in [-0.4, -0.2) is 17.4 Å². The van der Waals surface area contributed by atoms with E-state index in [-0.39, 0.29) is 11.8 Å². The number of rotatable bonds is 6. The zero-order valence-electron chi connectivity index (χ0n) is 10.1. The Balaban J connectivity index is 2.28. The van der Waals surface area contributed by atoms with E-state index in [2.05, 4.69) is 10.3 Å². The minimum atomic E-state index is 0.156. The average Bonchev–Trinajstić information content (AvgIpc) is 2.32. The third kappa shape index (κ3) is 4.01. The molecular formula is C13H20N2O. The highest BCUT2D eigenvalue weighted by molar-refractivity contribution is 5.78. The average molecular weight is 220 g/mol. The van der Waals surface area contributed by atoms with Crippen molar-refractivity contribution in [3.8, 4) is 0 Å². The molecule has 16 heavy (non-hydrogen) atoms. The molecule has 1 aromatic heterocycles. The van der Waals surface area contributed by atoms with Gasteiger partial charge in [-0.1, -0.05) is 19.9 Å². The van der Waals surface area contributed by atoms with E-state index in [1.165, 1.54) is 0 Å². The molecule has 0 aliphatic heterocycles. The highest BCUT2D eigenvalue weighted by Gasteiger charge is 2.12. The number of aromatic nitrogens is 1. The minimum absolute atomic E-state index is 0.156. The summed E-state index contributed by atoms with van der Waals surface area (Å²) in [6, 6.07) is 5.83. The lowest BCUT2D eigenvalue weighted by Gasteiger charge is -2.12. The lowest BCUT2D eigenvalue weighted by Crippen LogP contribution is -2.31. The summed E-state index contributed by atoms with van der Waals surface area (Å²) in [5.41, 5.74) is 1.02. The summed E-state index contributed by atoms with van der Waals surface area (Å²) < 4.78 is 0. The Morgan fingerprint density at radius 3 is 2.69 bits per heavy atom. The molecule has 3 heteroatoms. The number of pyridine rings is 1. The lowest BCUT2D eigenvalue weighted by atomic mass is 10.0. The largest absolute Gasteiger partial charge is 0.355 e. The van der Waals surface area contributed by atoms with Gasteiger partial charge in [-0.15, -0.1) is 0 Å². The molecule has 1 rings (SSSR count). The van der Waals surface area contributed by atoms with E-state index in [0.29, 0.717) is 6.54 Å². The van der Waals surface area contributed by atoms with Crippen molar-refractivity contribution < 1.29 is 4.79 Å². The molecule has 0 radical (unpaired) electrons. The summed E-state index contributed by atoms with van der Waals surface area (Å²) in [6.45, 7) is 4.77. The van der Waals surface area contributed by atoms with Crippen LogP contribution in [0.2, 0.25) is 0 Å². The highest BCUT2D eigenvalue weighted by atomic mass is 16.1. The molecule has 0 aliphatic rings. The number of carbonyl (C=O) groups excluding carboxylic acids is 1. The van der Waals surface area contributed by atoms with E-state index in [4.69, 9.17) is 0 Å². The molecule has 0 bridgehead atoms. The minimum Gasteiger partial charge on any atom is -0.355 e. The topological polar surface area (TPSA) is 42.0 Å². The van der Waals surface area contributed by atoms with Gasteiger partial charge in [0.2, 0.25) is 5.91 Å². The molecule has 0 atom stereocenters. The van der Waals surface area contributed by atoms with Crippen LogP contribution in [0.3, 0.4) is 0 Å². The molecule has 0 fully saturated rings. The predicted molar refractivity (Wildman–Crippen MR) is 65.0 cm³/mol. The fraction of sp³-hybridized carbons (Fsp3) is 0.538. The van der Waals surface area contributed by atoms with Crippen LogP contribution in [0.4, 0.5) is 0 Å². The van der Waals surface area contributed by atoms with Crippen molar-refractivity contribution in [2.24, 2.45) is 5.92 Å². The zero-order valence-corrected chi connectivity index (χ0v) is 10.1. The Morgan fingerprint density at radius 2 is 2.12 bits per heavy atom. The maximum Gasteiger partial charge on any atom is 0.223 e. The van der Waals surface area contributed by atoms with Crippen LogP contribution in [0.25, 0.3) is 0 Å². The van der Waals surface area contributed by atoms with Gasteiger partial charge in [0.1, 0.15) is 0 Å².